The molecule has 6 nitrogen and oxygen atoms in total. The second-order valence-corrected chi connectivity index (χ2v) is 4.52. The van der Waals surface area contributed by atoms with E-state index in [-0.39, 0.29) is 13.0 Å². The molecular weight excluding hydrogens is 262 g/mol. The molecule has 1 aliphatic heterocycles. The fraction of sp³-hybridized carbons (Fsp3) is 0.429. The van der Waals surface area contributed by atoms with Crippen molar-refractivity contribution in [2.45, 2.75) is 18.6 Å². The van der Waals surface area contributed by atoms with Gasteiger partial charge in [-0.15, -0.1) is 0 Å². The molecule has 6 heteroatoms. The van der Waals surface area contributed by atoms with Crippen LogP contribution in [0.1, 0.15) is 5.56 Å². The zero-order valence-electron chi connectivity index (χ0n) is 11.0. The predicted octanol–water partition coefficient (Wildman–Crippen LogP) is 0.214. The monoisotopic (exact) mass is 279 g/mol. The largest absolute Gasteiger partial charge is 0.480 e. The minimum absolute atomic E-state index is 0.156. The first-order valence-electron chi connectivity index (χ1n) is 6.43. The third-order valence-corrected chi connectivity index (χ3v) is 3.01. The summed E-state index contributed by atoms with van der Waals surface area (Å²) in [6.45, 7) is 0.953. The van der Waals surface area contributed by atoms with Crippen LogP contribution in [-0.4, -0.2) is 48.9 Å². The Balaban J connectivity index is 1.95. The van der Waals surface area contributed by atoms with Gasteiger partial charge in [-0.2, -0.15) is 0 Å². The number of rotatable bonds is 5. The molecule has 0 aromatic heterocycles. The number of ether oxygens (including phenoxy) is 2. The third kappa shape index (κ3) is 4.04. The standard InChI is InChI=1S/C14H17NO5/c16-13(12-9-19-6-7-20-12)15-11(14(17)18)8-10-4-2-1-3-5-10/h1-5,11-12H,6-9H2,(H,15,16)(H,17,18)/t11-,12+/m0/s1. The van der Waals surface area contributed by atoms with E-state index in [0.29, 0.717) is 13.2 Å². The van der Waals surface area contributed by atoms with E-state index >= 15 is 0 Å². The lowest BCUT2D eigenvalue weighted by molar-refractivity contribution is -0.152. The van der Waals surface area contributed by atoms with Gasteiger partial charge >= 0.3 is 5.97 Å². The Morgan fingerprint density at radius 3 is 2.65 bits per heavy atom. The van der Waals surface area contributed by atoms with Gasteiger partial charge in [0.25, 0.3) is 5.91 Å². The first-order valence-corrected chi connectivity index (χ1v) is 6.43. The van der Waals surface area contributed by atoms with Crippen LogP contribution in [0.15, 0.2) is 30.3 Å². The second-order valence-electron chi connectivity index (χ2n) is 4.52. The normalized spacial score (nSPS) is 20.1. The topological polar surface area (TPSA) is 84.9 Å². The average molecular weight is 279 g/mol. The minimum atomic E-state index is -1.07. The van der Waals surface area contributed by atoms with Gasteiger partial charge in [-0.3, -0.25) is 4.79 Å². The van der Waals surface area contributed by atoms with Gasteiger partial charge in [0.05, 0.1) is 19.8 Å². The van der Waals surface area contributed by atoms with Gasteiger partial charge < -0.3 is 19.9 Å². The van der Waals surface area contributed by atoms with Gasteiger partial charge in [-0.25, -0.2) is 4.79 Å². The van der Waals surface area contributed by atoms with E-state index in [1.807, 2.05) is 30.3 Å². The van der Waals surface area contributed by atoms with Crippen molar-refractivity contribution in [1.82, 2.24) is 5.32 Å². The van der Waals surface area contributed by atoms with Crippen LogP contribution in [-0.2, 0) is 25.5 Å². The fourth-order valence-corrected chi connectivity index (χ4v) is 1.95. The second kappa shape index (κ2) is 7.02. The summed E-state index contributed by atoms with van der Waals surface area (Å²) in [5, 5.41) is 11.7. The van der Waals surface area contributed by atoms with E-state index in [4.69, 9.17) is 9.47 Å². The van der Waals surface area contributed by atoms with Gasteiger partial charge in [-0.05, 0) is 5.56 Å². The Morgan fingerprint density at radius 1 is 1.30 bits per heavy atom. The third-order valence-electron chi connectivity index (χ3n) is 3.01. The zero-order valence-corrected chi connectivity index (χ0v) is 11.0. The maximum absolute atomic E-state index is 11.9. The van der Waals surface area contributed by atoms with E-state index in [1.165, 1.54) is 0 Å². The van der Waals surface area contributed by atoms with Crippen molar-refractivity contribution in [2.75, 3.05) is 19.8 Å². The van der Waals surface area contributed by atoms with Crippen LogP contribution in [0.2, 0.25) is 0 Å². The Hall–Kier alpha value is -1.92. The number of hydrogen-bond acceptors (Lipinski definition) is 4. The lowest BCUT2D eigenvalue weighted by atomic mass is 10.1. The molecule has 0 bridgehead atoms. The van der Waals surface area contributed by atoms with E-state index < -0.39 is 24.0 Å². The summed E-state index contributed by atoms with van der Waals surface area (Å²) in [7, 11) is 0. The molecule has 2 rings (SSSR count). The molecule has 0 aliphatic carbocycles. The lowest BCUT2D eigenvalue weighted by Gasteiger charge is -2.24. The molecule has 1 aliphatic rings. The smallest absolute Gasteiger partial charge is 0.326 e. The Kier molecular flexibility index (Phi) is 5.09. The highest BCUT2D eigenvalue weighted by Crippen LogP contribution is 2.06. The van der Waals surface area contributed by atoms with Crippen molar-refractivity contribution < 1.29 is 24.2 Å². The van der Waals surface area contributed by atoms with Crippen LogP contribution in [0.4, 0.5) is 0 Å². The fourth-order valence-electron chi connectivity index (χ4n) is 1.95. The van der Waals surface area contributed by atoms with Gasteiger partial charge in [0.1, 0.15) is 6.04 Å². The molecule has 1 heterocycles. The summed E-state index contributed by atoms with van der Waals surface area (Å²) >= 11 is 0. The molecule has 0 saturated carbocycles. The molecular formula is C14H17NO5. The SMILES string of the molecule is O=C(O)[C@H](Cc1ccccc1)NC(=O)[C@H]1COCCO1. The first kappa shape index (κ1) is 14.5. The summed E-state index contributed by atoms with van der Waals surface area (Å²) in [6, 6.07) is 8.17. The molecule has 1 fully saturated rings. The van der Waals surface area contributed by atoms with Crippen LogP contribution < -0.4 is 5.32 Å². The molecule has 2 atom stereocenters. The van der Waals surface area contributed by atoms with Crippen molar-refractivity contribution in [3.8, 4) is 0 Å². The van der Waals surface area contributed by atoms with Crippen LogP contribution in [0, 0.1) is 0 Å². The molecule has 0 unspecified atom stereocenters. The summed E-state index contributed by atoms with van der Waals surface area (Å²) < 4.78 is 10.4. The lowest BCUT2D eigenvalue weighted by Crippen LogP contribution is -2.50. The van der Waals surface area contributed by atoms with Crippen LogP contribution in [0.5, 0.6) is 0 Å². The highest BCUT2D eigenvalue weighted by atomic mass is 16.6. The van der Waals surface area contributed by atoms with Gasteiger partial charge in [0, 0.05) is 6.42 Å². The number of benzene rings is 1. The molecule has 0 radical (unpaired) electrons. The molecule has 20 heavy (non-hydrogen) atoms. The Bertz CT molecular complexity index is 456. The molecule has 2 N–H and O–H groups in total. The van der Waals surface area contributed by atoms with Crippen LogP contribution in [0.3, 0.4) is 0 Å². The number of carbonyl (C=O) groups is 2. The van der Waals surface area contributed by atoms with Gasteiger partial charge in [0.15, 0.2) is 6.10 Å². The van der Waals surface area contributed by atoms with Gasteiger partial charge in [0.2, 0.25) is 0 Å². The summed E-state index contributed by atoms with van der Waals surface area (Å²) in [5.74, 6) is -1.52. The van der Waals surface area contributed by atoms with E-state index in [1.54, 1.807) is 0 Å². The maximum atomic E-state index is 11.9. The highest BCUT2D eigenvalue weighted by molar-refractivity contribution is 5.86. The number of hydrogen-bond donors (Lipinski definition) is 2. The van der Waals surface area contributed by atoms with E-state index in [9.17, 15) is 14.7 Å². The minimum Gasteiger partial charge on any atom is -0.480 e. The number of carbonyl (C=O) groups excluding carboxylic acids is 1. The summed E-state index contributed by atoms with van der Waals surface area (Å²) in [4.78, 5) is 23.2. The summed E-state index contributed by atoms with van der Waals surface area (Å²) in [5.41, 5.74) is 0.848. The predicted molar refractivity (Wildman–Crippen MR) is 70.3 cm³/mol. The molecule has 108 valence electrons. The van der Waals surface area contributed by atoms with Gasteiger partial charge in [-0.1, -0.05) is 30.3 Å². The Morgan fingerprint density at radius 2 is 2.05 bits per heavy atom. The van der Waals surface area contributed by atoms with Crippen molar-refractivity contribution in [3.63, 3.8) is 0 Å². The maximum Gasteiger partial charge on any atom is 0.326 e. The Labute approximate surface area is 116 Å². The average Bonchev–Trinajstić information content (AvgIpc) is 2.48. The quantitative estimate of drug-likeness (QED) is 0.805. The van der Waals surface area contributed by atoms with E-state index in [0.717, 1.165) is 5.56 Å². The number of aliphatic carboxylic acids is 1. The van der Waals surface area contributed by atoms with Crippen molar-refractivity contribution >= 4 is 11.9 Å². The molecule has 1 saturated heterocycles. The zero-order chi connectivity index (χ0) is 14.4. The van der Waals surface area contributed by atoms with Crippen LogP contribution in [0.25, 0.3) is 0 Å². The summed E-state index contributed by atoms with van der Waals surface area (Å²) in [6.07, 6.45) is -0.503. The number of carboxylic acid groups (broad SMARTS) is 1. The molecule has 1 aromatic carbocycles. The molecule has 0 spiro atoms. The molecule has 1 amide bonds. The number of carboxylic acids is 1. The van der Waals surface area contributed by atoms with Crippen molar-refractivity contribution in [3.05, 3.63) is 35.9 Å². The number of nitrogens with one attached hydrogen (secondary N) is 1. The van der Waals surface area contributed by atoms with Crippen molar-refractivity contribution in [1.29, 1.82) is 0 Å². The first-order chi connectivity index (χ1) is 9.66. The van der Waals surface area contributed by atoms with Crippen LogP contribution >= 0.6 is 0 Å². The molecule has 1 aromatic rings. The van der Waals surface area contributed by atoms with E-state index in [2.05, 4.69) is 5.32 Å². The highest BCUT2D eigenvalue weighted by Gasteiger charge is 2.27. The number of amides is 1. The van der Waals surface area contributed by atoms with Crippen molar-refractivity contribution in [2.24, 2.45) is 0 Å².